The zero-order chi connectivity index (χ0) is 8.39. The van der Waals surface area contributed by atoms with E-state index in [0.717, 1.165) is 11.8 Å². The van der Waals surface area contributed by atoms with Crippen LogP contribution in [0.25, 0.3) is 0 Å². The Balaban J connectivity index is 1.67. The van der Waals surface area contributed by atoms with E-state index < -0.39 is 0 Å². The maximum absolute atomic E-state index is 2.63. The molecule has 0 N–H and O–H groups in total. The first-order valence-electron chi connectivity index (χ1n) is 5.57. The van der Waals surface area contributed by atoms with Crippen molar-refractivity contribution in [3.63, 3.8) is 0 Å². The molecule has 0 aromatic rings. The number of hydrogen-bond acceptors (Lipinski definition) is 1. The van der Waals surface area contributed by atoms with Crippen LogP contribution in [0, 0.1) is 11.8 Å². The summed E-state index contributed by atoms with van der Waals surface area (Å²) in [5.41, 5.74) is 0. The molecule has 0 bridgehead atoms. The van der Waals surface area contributed by atoms with E-state index in [1.807, 2.05) is 0 Å². The highest BCUT2D eigenvalue weighted by Gasteiger charge is 2.22. The van der Waals surface area contributed by atoms with Crippen molar-refractivity contribution in [1.82, 2.24) is 4.90 Å². The molecule has 1 saturated carbocycles. The van der Waals surface area contributed by atoms with E-state index in [1.165, 1.54) is 51.7 Å². The van der Waals surface area contributed by atoms with Crippen molar-refractivity contribution in [2.75, 3.05) is 19.6 Å². The van der Waals surface area contributed by atoms with Crippen molar-refractivity contribution in [3.8, 4) is 0 Å². The highest BCUT2D eigenvalue weighted by molar-refractivity contribution is 4.76. The van der Waals surface area contributed by atoms with Crippen molar-refractivity contribution < 1.29 is 0 Å². The smallest absolute Gasteiger partial charge is 0.000968 e. The molecule has 1 heterocycles. The van der Waals surface area contributed by atoms with Gasteiger partial charge in [0.05, 0.1) is 0 Å². The van der Waals surface area contributed by atoms with Crippen LogP contribution < -0.4 is 0 Å². The minimum Gasteiger partial charge on any atom is -0.303 e. The van der Waals surface area contributed by atoms with Gasteiger partial charge in [0, 0.05) is 6.54 Å². The Hall–Kier alpha value is -0.0400. The summed E-state index contributed by atoms with van der Waals surface area (Å²) in [6.45, 7) is 6.57. The largest absolute Gasteiger partial charge is 0.303 e. The van der Waals surface area contributed by atoms with Gasteiger partial charge in [0.2, 0.25) is 0 Å². The standard InChI is InChI=1S/C11H21N/c1-10-3-5-11(6-4-10)9-12-7-2-8-12/h10-11H,2-9H2,1H3. The molecule has 2 fully saturated rings. The zero-order valence-electron chi connectivity index (χ0n) is 8.26. The minimum absolute atomic E-state index is 1.01. The lowest BCUT2D eigenvalue weighted by Crippen LogP contribution is -2.41. The molecule has 0 unspecified atom stereocenters. The van der Waals surface area contributed by atoms with Gasteiger partial charge in [-0.25, -0.2) is 0 Å². The maximum Gasteiger partial charge on any atom is 0.000968 e. The van der Waals surface area contributed by atoms with Gasteiger partial charge < -0.3 is 4.90 Å². The Labute approximate surface area is 76.1 Å². The van der Waals surface area contributed by atoms with Crippen molar-refractivity contribution in [3.05, 3.63) is 0 Å². The molecule has 0 amide bonds. The normalized spacial score (nSPS) is 37.8. The molecule has 0 aromatic heterocycles. The van der Waals surface area contributed by atoms with Crippen LogP contribution in [-0.2, 0) is 0 Å². The lowest BCUT2D eigenvalue weighted by Gasteiger charge is -2.36. The molecule has 70 valence electrons. The van der Waals surface area contributed by atoms with Crippen molar-refractivity contribution >= 4 is 0 Å². The summed E-state index contributed by atoms with van der Waals surface area (Å²) >= 11 is 0. The second kappa shape index (κ2) is 3.78. The summed E-state index contributed by atoms with van der Waals surface area (Å²) in [5.74, 6) is 2.05. The molecule has 1 saturated heterocycles. The Morgan fingerprint density at radius 3 is 2.25 bits per heavy atom. The van der Waals surface area contributed by atoms with Gasteiger partial charge in [-0.3, -0.25) is 0 Å². The Morgan fingerprint density at radius 1 is 1.08 bits per heavy atom. The third-order valence-electron chi connectivity index (χ3n) is 3.60. The fourth-order valence-corrected chi connectivity index (χ4v) is 2.44. The summed E-state index contributed by atoms with van der Waals surface area (Å²) in [6.07, 6.45) is 7.41. The van der Waals surface area contributed by atoms with E-state index in [-0.39, 0.29) is 0 Å². The van der Waals surface area contributed by atoms with Gasteiger partial charge >= 0.3 is 0 Å². The number of hydrogen-bond donors (Lipinski definition) is 0. The van der Waals surface area contributed by atoms with Crippen molar-refractivity contribution in [1.29, 1.82) is 0 Å². The Kier molecular flexibility index (Phi) is 2.69. The van der Waals surface area contributed by atoms with Crippen LogP contribution in [0.4, 0.5) is 0 Å². The molecule has 2 aliphatic rings. The summed E-state index contributed by atoms with van der Waals surface area (Å²) in [6, 6.07) is 0. The lowest BCUT2D eigenvalue weighted by atomic mass is 9.82. The van der Waals surface area contributed by atoms with Gasteiger partial charge in [-0.2, -0.15) is 0 Å². The first kappa shape index (κ1) is 8.55. The molecule has 2 rings (SSSR count). The van der Waals surface area contributed by atoms with Crippen LogP contribution in [0.1, 0.15) is 39.0 Å². The monoisotopic (exact) mass is 167 g/mol. The first-order valence-corrected chi connectivity index (χ1v) is 5.57. The van der Waals surface area contributed by atoms with Gasteiger partial charge in [-0.05, 0) is 44.2 Å². The van der Waals surface area contributed by atoms with Crippen LogP contribution in [0.15, 0.2) is 0 Å². The molecule has 12 heavy (non-hydrogen) atoms. The fourth-order valence-electron chi connectivity index (χ4n) is 2.44. The first-order chi connectivity index (χ1) is 5.84. The molecule has 1 aliphatic heterocycles. The van der Waals surface area contributed by atoms with Gasteiger partial charge in [0.1, 0.15) is 0 Å². The van der Waals surface area contributed by atoms with Gasteiger partial charge in [-0.15, -0.1) is 0 Å². The average Bonchev–Trinajstić information content (AvgIpc) is 2.00. The lowest BCUT2D eigenvalue weighted by molar-refractivity contribution is 0.128. The molecule has 0 radical (unpaired) electrons. The van der Waals surface area contributed by atoms with Crippen LogP contribution in [0.3, 0.4) is 0 Å². The van der Waals surface area contributed by atoms with Crippen LogP contribution in [-0.4, -0.2) is 24.5 Å². The number of rotatable bonds is 2. The molecule has 0 atom stereocenters. The highest BCUT2D eigenvalue weighted by Crippen LogP contribution is 2.29. The highest BCUT2D eigenvalue weighted by atomic mass is 15.2. The summed E-state index contributed by atoms with van der Waals surface area (Å²) in [4.78, 5) is 2.63. The van der Waals surface area contributed by atoms with Gasteiger partial charge in [0.15, 0.2) is 0 Å². The molecule has 1 nitrogen and oxygen atoms in total. The predicted molar refractivity (Wildman–Crippen MR) is 52.2 cm³/mol. The average molecular weight is 167 g/mol. The third kappa shape index (κ3) is 2.01. The maximum atomic E-state index is 2.63. The molecule has 0 aromatic carbocycles. The van der Waals surface area contributed by atoms with E-state index >= 15 is 0 Å². The van der Waals surface area contributed by atoms with E-state index in [0.29, 0.717) is 0 Å². The third-order valence-corrected chi connectivity index (χ3v) is 3.60. The van der Waals surface area contributed by atoms with Gasteiger partial charge in [0.25, 0.3) is 0 Å². The number of likely N-dealkylation sites (tertiary alicyclic amines) is 1. The van der Waals surface area contributed by atoms with Crippen LogP contribution in [0.5, 0.6) is 0 Å². The molecular formula is C11H21N. The SMILES string of the molecule is CC1CCC(CN2CCC2)CC1. The molecule has 1 heteroatoms. The topological polar surface area (TPSA) is 3.24 Å². The quantitative estimate of drug-likeness (QED) is 0.611. The van der Waals surface area contributed by atoms with E-state index in [9.17, 15) is 0 Å². The van der Waals surface area contributed by atoms with Crippen LogP contribution >= 0.6 is 0 Å². The predicted octanol–water partition coefficient (Wildman–Crippen LogP) is 2.52. The minimum atomic E-state index is 1.01. The summed E-state index contributed by atoms with van der Waals surface area (Å²) in [7, 11) is 0. The second-order valence-corrected chi connectivity index (χ2v) is 4.78. The van der Waals surface area contributed by atoms with Gasteiger partial charge in [-0.1, -0.05) is 19.8 Å². The van der Waals surface area contributed by atoms with E-state index in [4.69, 9.17) is 0 Å². The molecule has 1 aliphatic carbocycles. The van der Waals surface area contributed by atoms with E-state index in [2.05, 4.69) is 11.8 Å². The molecule has 0 spiro atoms. The van der Waals surface area contributed by atoms with Crippen molar-refractivity contribution in [2.45, 2.75) is 39.0 Å². The molecular weight excluding hydrogens is 146 g/mol. The second-order valence-electron chi connectivity index (χ2n) is 4.78. The Bertz CT molecular complexity index is 132. The zero-order valence-corrected chi connectivity index (χ0v) is 8.26. The summed E-state index contributed by atoms with van der Waals surface area (Å²) < 4.78 is 0. The van der Waals surface area contributed by atoms with E-state index in [1.54, 1.807) is 0 Å². The van der Waals surface area contributed by atoms with Crippen LogP contribution in [0.2, 0.25) is 0 Å². The number of nitrogens with zero attached hydrogens (tertiary/aromatic N) is 1. The van der Waals surface area contributed by atoms with Crippen molar-refractivity contribution in [2.24, 2.45) is 11.8 Å². The summed E-state index contributed by atoms with van der Waals surface area (Å²) in [5, 5.41) is 0. The fraction of sp³-hybridized carbons (Fsp3) is 1.00. The Morgan fingerprint density at radius 2 is 1.75 bits per heavy atom.